The number of nitrogens with two attached hydrogens (primary N) is 1. The molecule has 0 spiro atoms. The number of likely N-dealkylation sites (N-methyl/N-ethyl adjacent to an activating group) is 1. The Morgan fingerprint density at radius 2 is 1.74 bits per heavy atom. The first-order valence-electron chi connectivity index (χ1n) is 12.0. The van der Waals surface area contributed by atoms with E-state index in [2.05, 4.69) is 0 Å². The molecule has 1 saturated carbocycles. The molecule has 2 aromatic rings. The highest BCUT2D eigenvalue weighted by Crippen LogP contribution is 2.53. The molecule has 39 heavy (non-hydrogen) atoms. The number of non-ortho nitro benzene ring substituents is 1. The number of carbonyl (C=O) groups excluding carboxylic acids is 3. The molecule has 0 saturated heterocycles. The van der Waals surface area contributed by atoms with Gasteiger partial charge in [0, 0.05) is 23.6 Å². The Morgan fingerprint density at radius 1 is 1.10 bits per heavy atom. The SMILES string of the molecule is CN(C)[C@@H]1C(=O)C(C(N)=O)=C(O)[C@@]2(O)C(=O)C3=C(O)c4c(O)ccc(-c5ccc([N+](=O)[O-])cc5)c4CC3CC12. The third-order valence-electron chi connectivity index (χ3n) is 7.99. The van der Waals surface area contributed by atoms with Crippen molar-refractivity contribution >= 4 is 28.9 Å². The fourth-order valence-corrected chi connectivity index (χ4v) is 6.28. The summed E-state index contributed by atoms with van der Waals surface area (Å²) in [6, 6.07) is 7.42. The van der Waals surface area contributed by atoms with Crippen LogP contribution in [0.5, 0.6) is 5.75 Å². The number of fused-ring (bicyclic) bond motifs is 3. The number of phenols is 1. The second-order valence-corrected chi connectivity index (χ2v) is 10.3. The Morgan fingerprint density at radius 3 is 2.31 bits per heavy atom. The number of nitro groups is 1. The van der Waals surface area contributed by atoms with Crippen LogP contribution < -0.4 is 5.73 Å². The van der Waals surface area contributed by atoms with Gasteiger partial charge in [0.15, 0.2) is 11.4 Å². The van der Waals surface area contributed by atoms with E-state index in [0.29, 0.717) is 16.7 Å². The number of hydrogen-bond acceptors (Lipinski definition) is 10. The number of ketones is 2. The smallest absolute Gasteiger partial charge is 0.269 e. The summed E-state index contributed by atoms with van der Waals surface area (Å²) in [7, 11) is 3.05. The minimum atomic E-state index is -2.71. The van der Waals surface area contributed by atoms with E-state index < -0.39 is 63.0 Å². The predicted molar refractivity (Wildman–Crippen MR) is 136 cm³/mol. The number of aliphatic hydroxyl groups is 3. The first-order chi connectivity index (χ1) is 18.3. The van der Waals surface area contributed by atoms with Crippen molar-refractivity contribution in [1.29, 1.82) is 0 Å². The Hall–Kier alpha value is -4.55. The van der Waals surface area contributed by atoms with E-state index in [1.165, 1.54) is 49.3 Å². The van der Waals surface area contributed by atoms with E-state index in [9.17, 15) is 44.9 Å². The van der Waals surface area contributed by atoms with Crippen LogP contribution in [0.4, 0.5) is 5.69 Å². The monoisotopic (exact) mass is 535 g/mol. The molecule has 202 valence electrons. The van der Waals surface area contributed by atoms with Crippen molar-refractivity contribution in [2.45, 2.75) is 24.5 Å². The van der Waals surface area contributed by atoms with Crippen LogP contribution in [0, 0.1) is 22.0 Å². The van der Waals surface area contributed by atoms with Gasteiger partial charge in [-0.1, -0.05) is 6.07 Å². The molecule has 1 amide bonds. The number of phenolic OH excluding ortho intramolecular Hbond substituents is 1. The number of hydrogen-bond donors (Lipinski definition) is 5. The van der Waals surface area contributed by atoms with E-state index in [1.54, 1.807) is 6.07 Å². The van der Waals surface area contributed by atoms with Gasteiger partial charge in [-0.05, 0) is 67.7 Å². The molecule has 2 unspecified atom stereocenters. The highest BCUT2D eigenvalue weighted by atomic mass is 16.6. The molecule has 0 aromatic heterocycles. The molecule has 0 aliphatic heterocycles. The first kappa shape index (κ1) is 26.1. The number of rotatable bonds is 4. The van der Waals surface area contributed by atoms with Crippen LogP contribution in [0.3, 0.4) is 0 Å². The average Bonchev–Trinajstić information content (AvgIpc) is 2.86. The van der Waals surface area contributed by atoms with Crippen molar-refractivity contribution in [2.75, 3.05) is 14.1 Å². The largest absolute Gasteiger partial charge is 0.508 e. The number of Topliss-reactive ketones (excluding diaryl/α,β-unsaturated/α-hetero) is 2. The van der Waals surface area contributed by atoms with Crippen LogP contribution in [-0.2, 0) is 20.8 Å². The summed E-state index contributed by atoms with van der Waals surface area (Å²) in [5, 5.41) is 55.6. The molecular weight excluding hydrogens is 510 g/mol. The van der Waals surface area contributed by atoms with Gasteiger partial charge in [-0.15, -0.1) is 0 Å². The van der Waals surface area contributed by atoms with Crippen molar-refractivity contribution < 1.29 is 39.7 Å². The van der Waals surface area contributed by atoms with Gasteiger partial charge >= 0.3 is 0 Å². The van der Waals surface area contributed by atoms with Crippen LogP contribution >= 0.6 is 0 Å². The van der Waals surface area contributed by atoms with Gasteiger partial charge in [0.25, 0.3) is 11.6 Å². The lowest BCUT2D eigenvalue weighted by atomic mass is 9.57. The fraction of sp³-hybridized carbons (Fsp3) is 0.296. The Balaban J connectivity index is 1.71. The number of nitro benzene ring substituents is 1. The molecule has 0 heterocycles. The molecule has 3 aliphatic carbocycles. The molecule has 12 heteroatoms. The van der Waals surface area contributed by atoms with Crippen LogP contribution in [-0.4, -0.2) is 73.5 Å². The molecule has 2 aromatic carbocycles. The summed E-state index contributed by atoms with van der Waals surface area (Å²) >= 11 is 0. The summed E-state index contributed by atoms with van der Waals surface area (Å²) in [4.78, 5) is 51.1. The number of aromatic hydroxyl groups is 1. The first-order valence-corrected chi connectivity index (χ1v) is 12.0. The number of aliphatic hydroxyl groups excluding tert-OH is 2. The number of amides is 1. The Bertz CT molecular complexity index is 1540. The van der Waals surface area contributed by atoms with Gasteiger partial charge in [-0.25, -0.2) is 0 Å². The zero-order chi connectivity index (χ0) is 28.5. The van der Waals surface area contributed by atoms with Crippen LogP contribution in [0.25, 0.3) is 16.9 Å². The maximum absolute atomic E-state index is 13.9. The summed E-state index contributed by atoms with van der Waals surface area (Å²) < 4.78 is 0. The highest BCUT2D eigenvalue weighted by molar-refractivity contribution is 6.24. The molecule has 12 nitrogen and oxygen atoms in total. The summed E-state index contributed by atoms with van der Waals surface area (Å²) in [5.74, 6) is -7.24. The second kappa shape index (κ2) is 8.75. The quantitative estimate of drug-likeness (QED) is 0.217. The predicted octanol–water partition coefficient (Wildman–Crippen LogP) is 1.54. The van der Waals surface area contributed by atoms with Crippen LogP contribution in [0.2, 0.25) is 0 Å². The Labute approximate surface area is 221 Å². The van der Waals surface area contributed by atoms with E-state index in [1.807, 2.05) is 0 Å². The lowest BCUT2D eigenvalue weighted by Crippen LogP contribution is -2.65. The maximum Gasteiger partial charge on any atom is 0.269 e. The van der Waals surface area contributed by atoms with Gasteiger partial charge in [0.2, 0.25) is 5.78 Å². The molecule has 6 N–H and O–H groups in total. The standard InChI is InChI=1S/C27H25N3O9/c1-29(2)21-16-10-12-9-15-14(11-3-5-13(6-4-11)30(38)39)7-8-17(31)19(15)22(32)18(12)24(34)27(16,37)25(35)20(23(21)33)26(28)36/h3-8,12,16,21,31-32,35,37H,9-10H2,1-2H3,(H2,28,36)/t12?,16?,21-,27-/m0/s1. The summed E-state index contributed by atoms with van der Waals surface area (Å²) in [5.41, 5.74) is 2.91. The van der Waals surface area contributed by atoms with Crippen molar-refractivity contribution in [3.63, 3.8) is 0 Å². The molecule has 0 radical (unpaired) electrons. The van der Waals surface area contributed by atoms with Crippen molar-refractivity contribution in [3.8, 4) is 16.9 Å². The normalized spacial score (nSPS) is 26.3. The maximum atomic E-state index is 13.9. The van der Waals surface area contributed by atoms with Crippen molar-refractivity contribution in [2.24, 2.45) is 17.6 Å². The minimum absolute atomic E-state index is 0.0406. The van der Waals surface area contributed by atoms with Gasteiger partial charge in [0.05, 0.1) is 16.5 Å². The van der Waals surface area contributed by atoms with Gasteiger partial charge in [0.1, 0.15) is 22.8 Å². The van der Waals surface area contributed by atoms with E-state index in [4.69, 9.17) is 5.73 Å². The van der Waals surface area contributed by atoms with Gasteiger partial charge in [-0.2, -0.15) is 0 Å². The molecule has 0 bridgehead atoms. The molecule has 3 aliphatic rings. The number of primary amides is 1. The lowest BCUT2D eigenvalue weighted by molar-refractivity contribution is -0.384. The third kappa shape index (κ3) is 3.56. The third-order valence-corrected chi connectivity index (χ3v) is 7.99. The second-order valence-electron chi connectivity index (χ2n) is 10.3. The molecule has 5 rings (SSSR count). The Kier molecular flexibility index (Phi) is 5.85. The highest BCUT2D eigenvalue weighted by Gasteiger charge is 2.64. The van der Waals surface area contributed by atoms with E-state index >= 15 is 0 Å². The van der Waals surface area contributed by atoms with E-state index in [0.717, 1.165) is 0 Å². The van der Waals surface area contributed by atoms with Crippen LogP contribution in [0.15, 0.2) is 53.3 Å². The number of benzene rings is 2. The van der Waals surface area contributed by atoms with E-state index in [-0.39, 0.29) is 35.4 Å². The van der Waals surface area contributed by atoms with Gasteiger partial charge < -0.3 is 26.2 Å². The van der Waals surface area contributed by atoms with Gasteiger partial charge in [-0.3, -0.25) is 29.4 Å². The zero-order valence-corrected chi connectivity index (χ0v) is 20.9. The molecule has 4 atom stereocenters. The number of nitrogens with zero attached hydrogens (tertiary/aromatic N) is 2. The summed E-state index contributed by atoms with van der Waals surface area (Å²) in [6.07, 6.45) is 0.0659. The summed E-state index contributed by atoms with van der Waals surface area (Å²) in [6.45, 7) is 0. The van der Waals surface area contributed by atoms with Crippen LogP contribution in [0.1, 0.15) is 17.5 Å². The molecule has 1 fully saturated rings. The average molecular weight is 536 g/mol. The molecular formula is C27H25N3O9. The van der Waals surface area contributed by atoms with Crippen molar-refractivity contribution in [1.82, 2.24) is 4.90 Å². The lowest BCUT2D eigenvalue weighted by Gasteiger charge is -2.50. The fourth-order valence-electron chi connectivity index (χ4n) is 6.28. The zero-order valence-electron chi connectivity index (χ0n) is 20.9. The van der Waals surface area contributed by atoms with Crippen molar-refractivity contribution in [3.05, 3.63) is 74.5 Å². The minimum Gasteiger partial charge on any atom is -0.508 e. The number of carbonyl (C=O) groups is 3. The topological polar surface area (TPSA) is 205 Å².